The Morgan fingerprint density at radius 2 is 2.20 bits per heavy atom. The molecule has 0 amide bonds. The maximum absolute atomic E-state index is 12.9. The van der Waals surface area contributed by atoms with Gasteiger partial charge in [-0.15, -0.1) is 10.2 Å². The van der Waals surface area contributed by atoms with Crippen LogP contribution in [0.4, 0.5) is 5.69 Å². The predicted molar refractivity (Wildman–Crippen MR) is 85.9 cm³/mol. The molecule has 2 aromatic rings. The number of aryl methyl sites for hydroxylation is 2. The molecule has 0 saturated heterocycles. The van der Waals surface area contributed by atoms with Crippen LogP contribution in [0.5, 0.6) is 0 Å². The molecule has 9 heteroatoms. The molecule has 0 N–H and O–H groups in total. The maximum Gasteiger partial charge on any atom is 0.288 e. The van der Waals surface area contributed by atoms with Crippen LogP contribution < -0.4 is 0 Å². The van der Waals surface area contributed by atoms with Crippen LogP contribution in [0.15, 0.2) is 12.3 Å². The summed E-state index contributed by atoms with van der Waals surface area (Å²) < 4.78 is 1.83. The second kappa shape index (κ2) is 6.76. The van der Waals surface area contributed by atoms with E-state index >= 15 is 0 Å². The van der Waals surface area contributed by atoms with Crippen LogP contribution in [0.25, 0.3) is 0 Å². The Morgan fingerprint density at radius 1 is 1.40 bits per heavy atom. The highest BCUT2D eigenvalue weighted by atomic mass is 16.6. The number of carbonyl (C=O) groups is 1. The minimum absolute atomic E-state index is 0.0618. The number of Topliss-reactive ketones (excluding diaryl/α,β-unsaturated/α-hetero) is 1. The number of nitrogens with zero attached hydrogens (tertiary/aromatic N) is 6. The van der Waals surface area contributed by atoms with E-state index in [1.54, 1.807) is 6.92 Å². The van der Waals surface area contributed by atoms with E-state index in [1.807, 2.05) is 10.6 Å². The molecule has 1 aliphatic heterocycles. The summed E-state index contributed by atoms with van der Waals surface area (Å²) in [5, 5.41) is 28.7. The zero-order chi connectivity index (χ0) is 18.0. The molecule has 0 radical (unpaired) electrons. The van der Waals surface area contributed by atoms with E-state index in [9.17, 15) is 20.2 Å². The van der Waals surface area contributed by atoms with Gasteiger partial charge in [0, 0.05) is 30.3 Å². The summed E-state index contributed by atoms with van der Waals surface area (Å²) in [7, 11) is 0. The Morgan fingerprint density at radius 3 is 2.92 bits per heavy atom. The lowest BCUT2D eigenvalue weighted by Gasteiger charge is -2.12. The van der Waals surface area contributed by atoms with Crippen molar-refractivity contribution in [3.8, 4) is 6.07 Å². The number of fused-ring (bicyclic) bond motifs is 1. The Balaban J connectivity index is 2.01. The minimum atomic E-state index is -1.16. The van der Waals surface area contributed by atoms with Crippen LogP contribution >= 0.6 is 0 Å². The molecule has 0 aliphatic carbocycles. The van der Waals surface area contributed by atoms with Crippen molar-refractivity contribution in [2.45, 2.75) is 45.1 Å². The first-order valence-electron chi connectivity index (χ1n) is 7.99. The molecule has 1 atom stereocenters. The van der Waals surface area contributed by atoms with Gasteiger partial charge in [0.15, 0.2) is 17.5 Å². The van der Waals surface area contributed by atoms with Gasteiger partial charge >= 0.3 is 0 Å². The second-order valence-corrected chi connectivity index (χ2v) is 5.95. The van der Waals surface area contributed by atoms with Crippen molar-refractivity contribution in [1.29, 1.82) is 5.26 Å². The number of nitro groups is 1. The molecule has 0 bridgehead atoms. The van der Waals surface area contributed by atoms with Crippen molar-refractivity contribution in [2.75, 3.05) is 0 Å². The van der Waals surface area contributed by atoms with Gasteiger partial charge in [0.2, 0.25) is 0 Å². The number of carbonyl (C=O) groups excluding carboxylic acids is 1. The molecule has 9 nitrogen and oxygen atoms in total. The van der Waals surface area contributed by atoms with Crippen LogP contribution in [0, 0.1) is 28.4 Å². The SMILES string of the molecule is Cc1ncc([N+](=O)[O-])cc1C(=O)[C@H](C#N)c1nnc2n1CCCCC2. The maximum atomic E-state index is 12.9. The van der Waals surface area contributed by atoms with Crippen molar-refractivity contribution in [3.05, 3.63) is 45.3 Å². The molecule has 25 heavy (non-hydrogen) atoms. The van der Waals surface area contributed by atoms with Crippen molar-refractivity contribution < 1.29 is 9.72 Å². The van der Waals surface area contributed by atoms with Gasteiger partial charge < -0.3 is 4.57 Å². The number of rotatable bonds is 4. The highest BCUT2D eigenvalue weighted by Crippen LogP contribution is 2.25. The summed E-state index contributed by atoms with van der Waals surface area (Å²) in [5.41, 5.74) is 0.115. The van der Waals surface area contributed by atoms with Crippen molar-refractivity contribution >= 4 is 11.5 Å². The van der Waals surface area contributed by atoms with Crippen LogP contribution in [0.3, 0.4) is 0 Å². The zero-order valence-electron chi connectivity index (χ0n) is 13.7. The van der Waals surface area contributed by atoms with Crippen LogP contribution in [0.2, 0.25) is 0 Å². The molecule has 0 fully saturated rings. The summed E-state index contributed by atoms with van der Waals surface area (Å²) in [4.78, 5) is 27.1. The van der Waals surface area contributed by atoms with E-state index in [2.05, 4.69) is 15.2 Å². The van der Waals surface area contributed by atoms with Crippen LogP contribution in [-0.4, -0.2) is 30.5 Å². The molecule has 0 unspecified atom stereocenters. The third-order valence-electron chi connectivity index (χ3n) is 4.34. The van der Waals surface area contributed by atoms with Gasteiger partial charge in [-0.05, 0) is 19.8 Å². The Bertz CT molecular complexity index is 882. The lowest BCUT2D eigenvalue weighted by molar-refractivity contribution is -0.385. The van der Waals surface area contributed by atoms with Crippen molar-refractivity contribution in [2.24, 2.45) is 0 Å². The molecular weight excluding hydrogens is 324 g/mol. The third-order valence-corrected chi connectivity index (χ3v) is 4.34. The molecule has 0 aromatic carbocycles. The fourth-order valence-electron chi connectivity index (χ4n) is 2.98. The summed E-state index contributed by atoms with van der Waals surface area (Å²) >= 11 is 0. The van der Waals surface area contributed by atoms with Crippen LogP contribution in [-0.2, 0) is 13.0 Å². The molecule has 0 spiro atoms. The van der Waals surface area contributed by atoms with Gasteiger partial charge in [-0.3, -0.25) is 19.9 Å². The lowest BCUT2D eigenvalue weighted by Crippen LogP contribution is -2.19. The first-order chi connectivity index (χ1) is 12.0. The highest BCUT2D eigenvalue weighted by molar-refractivity contribution is 6.03. The molecule has 128 valence electrons. The first-order valence-corrected chi connectivity index (χ1v) is 7.99. The number of hydrogen-bond acceptors (Lipinski definition) is 7. The van der Waals surface area contributed by atoms with Gasteiger partial charge in [-0.25, -0.2) is 0 Å². The van der Waals surface area contributed by atoms with E-state index in [-0.39, 0.29) is 11.3 Å². The summed E-state index contributed by atoms with van der Waals surface area (Å²) in [5.74, 6) is -0.637. The van der Waals surface area contributed by atoms with E-state index in [1.165, 1.54) is 0 Å². The van der Waals surface area contributed by atoms with Gasteiger partial charge in [-0.1, -0.05) is 6.42 Å². The number of hydrogen-bond donors (Lipinski definition) is 0. The fraction of sp³-hybridized carbons (Fsp3) is 0.438. The van der Waals surface area contributed by atoms with Gasteiger partial charge in [0.05, 0.1) is 11.0 Å². The first kappa shape index (κ1) is 16.7. The normalized spacial score (nSPS) is 14.9. The van der Waals surface area contributed by atoms with E-state index in [4.69, 9.17) is 0 Å². The Labute approximate surface area is 143 Å². The second-order valence-electron chi connectivity index (χ2n) is 5.95. The van der Waals surface area contributed by atoms with Gasteiger partial charge in [0.1, 0.15) is 12.0 Å². The predicted octanol–water partition coefficient (Wildman–Crippen LogP) is 2.11. The van der Waals surface area contributed by atoms with Crippen molar-refractivity contribution in [3.63, 3.8) is 0 Å². The largest absolute Gasteiger partial charge is 0.313 e. The number of nitriles is 1. The molecule has 3 heterocycles. The number of pyridine rings is 1. The zero-order valence-corrected chi connectivity index (χ0v) is 13.7. The molecule has 3 rings (SSSR count). The number of ketones is 1. The monoisotopic (exact) mass is 340 g/mol. The standard InChI is InChI=1S/C16H16N6O3/c1-10-12(7-11(9-18-10)22(24)25)15(23)13(8-17)16-20-19-14-5-3-2-4-6-21(14)16/h7,9,13H,2-6H2,1H3/t13-/m0/s1. The average molecular weight is 340 g/mol. The molecular formula is C16H16N6O3. The summed E-state index contributed by atoms with van der Waals surface area (Å²) in [6.45, 7) is 2.24. The van der Waals surface area contributed by atoms with Gasteiger partial charge in [-0.2, -0.15) is 5.26 Å². The van der Waals surface area contributed by atoms with Gasteiger partial charge in [0.25, 0.3) is 5.69 Å². The topological polar surface area (TPSA) is 128 Å². The van der Waals surface area contributed by atoms with Crippen LogP contribution in [0.1, 0.15) is 52.9 Å². The average Bonchev–Trinajstić information content (AvgIpc) is 2.84. The molecule has 0 saturated carbocycles. The van der Waals surface area contributed by atoms with E-state index in [0.717, 1.165) is 43.8 Å². The molecule has 2 aromatic heterocycles. The highest BCUT2D eigenvalue weighted by Gasteiger charge is 2.31. The smallest absolute Gasteiger partial charge is 0.288 e. The minimum Gasteiger partial charge on any atom is -0.313 e. The Hall–Kier alpha value is -3.15. The summed E-state index contributed by atoms with van der Waals surface area (Å²) in [6.07, 6.45) is 4.84. The summed E-state index contributed by atoms with van der Waals surface area (Å²) in [6, 6.07) is 3.14. The third kappa shape index (κ3) is 3.10. The fourth-order valence-corrected chi connectivity index (χ4v) is 2.98. The van der Waals surface area contributed by atoms with Crippen molar-refractivity contribution in [1.82, 2.24) is 19.7 Å². The quantitative estimate of drug-likeness (QED) is 0.473. The molecule has 1 aliphatic rings. The lowest BCUT2D eigenvalue weighted by atomic mass is 9.96. The Kier molecular flexibility index (Phi) is 4.52. The van der Waals surface area contributed by atoms with E-state index in [0.29, 0.717) is 18.1 Å². The number of aromatic nitrogens is 4. The van der Waals surface area contributed by atoms with E-state index < -0.39 is 16.6 Å².